The van der Waals surface area contributed by atoms with E-state index in [1.165, 1.54) is 0 Å². The number of anilines is 4. The summed E-state index contributed by atoms with van der Waals surface area (Å²) in [6.45, 7) is 1.92. The van der Waals surface area contributed by atoms with Crippen LogP contribution in [0.25, 0.3) is 0 Å². The van der Waals surface area contributed by atoms with Gasteiger partial charge in [-0.05, 0) is 43.3 Å². The Kier molecular flexibility index (Phi) is 4.82. The molecule has 5 nitrogen and oxygen atoms in total. The van der Waals surface area contributed by atoms with Gasteiger partial charge in [-0.1, -0.05) is 17.7 Å². The highest BCUT2D eigenvalue weighted by atomic mass is 35.5. The molecule has 3 aromatic rings. The van der Waals surface area contributed by atoms with Gasteiger partial charge in [0.1, 0.15) is 11.6 Å². The number of aryl methyl sites for hydroxylation is 1. The second-order valence-electron chi connectivity index (χ2n) is 5.21. The lowest BCUT2D eigenvalue weighted by Crippen LogP contribution is -2.02. The number of halogens is 1. The van der Waals surface area contributed by atoms with Crippen molar-refractivity contribution in [3.63, 3.8) is 0 Å². The lowest BCUT2D eigenvalue weighted by Gasteiger charge is -2.11. The van der Waals surface area contributed by atoms with Gasteiger partial charge in [0, 0.05) is 34.2 Å². The topological polar surface area (TPSA) is 59.1 Å². The molecule has 0 saturated carbocycles. The largest absolute Gasteiger partial charge is 0.497 e. The highest BCUT2D eigenvalue weighted by Gasteiger charge is 2.04. The van der Waals surface area contributed by atoms with E-state index in [-0.39, 0.29) is 0 Å². The van der Waals surface area contributed by atoms with E-state index in [4.69, 9.17) is 16.3 Å². The molecule has 1 heterocycles. The minimum Gasteiger partial charge on any atom is -0.497 e. The van der Waals surface area contributed by atoms with Crippen molar-refractivity contribution in [2.75, 3.05) is 17.7 Å². The maximum Gasteiger partial charge on any atom is 0.229 e. The van der Waals surface area contributed by atoms with Gasteiger partial charge in [-0.2, -0.15) is 4.98 Å². The Morgan fingerprint density at radius 1 is 0.917 bits per heavy atom. The first-order chi connectivity index (χ1) is 11.6. The number of hydrogen-bond donors (Lipinski definition) is 2. The summed E-state index contributed by atoms with van der Waals surface area (Å²) in [4.78, 5) is 8.90. The van der Waals surface area contributed by atoms with Crippen LogP contribution in [0.2, 0.25) is 5.02 Å². The third kappa shape index (κ3) is 4.14. The molecule has 0 aliphatic carbocycles. The molecule has 0 aliphatic rings. The molecule has 0 atom stereocenters. The van der Waals surface area contributed by atoms with Crippen molar-refractivity contribution in [2.45, 2.75) is 6.92 Å². The SMILES string of the molecule is COc1cccc(Nc2cc(C)nc(Nc3ccc(Cl)cc3)n2)c1. The Labute approximate surface area is 145 Å². The Balaban J connectivity index is 1.81. The second-order valence-corrected chi connectivity index (χ2v) is 5.64. The molecule has 0 bridgehead atoms. The van der Waals surface area contributed by atoms with E-state index in [1.807, 2.05) is 61.5 Å². The number of rotatable bonds is 5. The van der Waals surface area contributed by atoms with Crippen LogP contribution in [0.4, 0.5) is 23.1 Å². The molecule has 122 valence electrons. The first kappa shape index (κ1) is 16.1. The van der Waals surface area contributed by atoms with Gasteiger partial charge in [0.2, 0.25) is 5.95 Å². The molecule has 0 fully saturated rings. The fourth-order valence-electron chi connectivity index (χ4n) is 2.20. The van der Waals surface area contributed by atoms with E-state index in [0.29, 0.717) is 16.8 Å². The van der Waals surface area contributed by atoms with Crippen molar-refractivity contribution in [2.24, 2.45) is 0 Å². The second kappa shape index (κ2) is 7.19. The van der Waals surface area contributed by atoms with Crippen molar-refractivity contribution in [3.05, 3.63) is 65.3 Å². The smallest absolute Gasteiger partial charge is 0.229 e. The van der Waals surface area contributed by atoms with Crippen molar-refractivity contribution >= 4 is 34.7 Å². The normalized spacial score (nSPS) is 10.3. The predicted octanol–water partition coefficient (Wildman–Crippen LogP) is 4.93. The summed E-state index contributed by atoms with van der Waals surface area (Å²) in [7, 11) is 1.64. The predicted molar refractivity (Wildman–Crippen MR) is 97.8 cm³/mol. The van der Waals surface area contributed by atoms with Gasteiger partial charge in [0.05, 0.1) is 7.11 Å². The van der Waals surface area contributed by atoms with Gasteiger partial charge in [-0.25, -0.2) is 4.98 Å². The van der Waals surface area contributed by atoms with Crippen molar-refractivity contribution in [3.8, 4) is 5.75 Å². The van der Waals surface area contributed by atoms with Crippen LogP contribution in [0.1, 0.15) is 5.69 Å². The van der Waals surface area contributed by atoms with E-state index < -0.39 is 0 Å². The quantitative estimate of drug-likeness (QED) is 0.689. The zero-order chi connectivity index (χ0) is 16.9. The van der Waals surface area contributed by atoms with Gasteiger partial charge < -0.3 is 15.4 Å². The fraction of sp³-hybridized carbons (Fsp3) is 0.111. The summed E-state index contributed by atoms with van der Waals surface area (Å²) in [5.41, 5.74) is 2.62. The molecule has 0 spiro atoms. The molecule has 0 saturated heterocycles. The van der Waals surface area contributed by atoms with E-state index in [0.717, 1.165) is 22.8 Å². The van der Waals surface area contributed by atoms with Gasteiger partial charge in [-0.15, -0.1) is 0 Å². The van der Waals surface area contributed by atoms with Crippen molar-refractivity contribution < 1.29 is 4.74 Å². The Bertz CT molecular complexity index is 837. The van der Waals surface area contributed by atoms with Crippen LogP contribution in [0.15, 0.2) is 54.6 Å². The van der Waals surface area contributed by atoms with Gasteiger partial charge in [-0.3, -0.25) is 0 Å². The van der Waals surface area contributed by atoms with Crippen LogP contribution in [0.5, 0.6) is 5.75 Å². The zero-order valence-corrected chi connectivity index (χ0v) is 14.1. The molecule has 24 heavy (non-hydrogen) atoms. The van der Waals surface area contributed by atoms with E-state index in [1.54, 1.807) is 7.11 Å². The molecule has 3 rings (SSSR count). The number of hydrogen-bond acceptors (Lipinski definition) is 5. The Hall–Kier alpha value is -2.79. The van der Waals surface area contributed by atoms with Crippen LogP contribution in [0.3, 0.4) is 0 Å². The van der Waals surface area contributed by atoms with Crippen LogP contribution in [-0.4, -0.2) is 17.1 Å². The number of nitrogens with zero attached hydrogens (tertiary/aromatic N) is 2. The monoisotopic (exact) mass is 340 g/mol. The third-order valence-electron chi connectivity index (χ3n) is 3.30. The van der Waals surface area contributed by atoms with Crippen LogP contribution in [-0.2, 0) is 0 Å². The Morgan fingerprint density at radius 3 is 2.46 bits per heavy atom. The molecule has 0 unspecified atom stereocenters. The average Bonchev–Trinajstić information content (AvgIpc) is 2.56. The summed E-state index contributed by atoms with van der Waals surface area (Å²) in [6, 6.07) is 16.9. The minimum absolute atomic E-state index is 0.516. The molecular formula is C18H17ClN4O. The molecule has 0 aliphatic heterocycles. The van der Waals surface area contributed by atoms with Crippen molar-refractivity contribution in [1.29, 1.82) is 0 Å². The van der Waals surface area contributed by atoms with Crippen molar-refractivity contribution in [1.82, 2.24) is 9.97 Å². The van der Waals surface area contributed by atoms with Crippen LogP contribution < -0.4 is 15.4 Å². The number of ether oxygens (including phenoxy) is 1. The molecule has 2 aromatic carbocycles. The number of nitrogens with one attached hydrogen (secondary N) is 2. The first-order valence-corrected chi connectivity index (χ1v) is 7.79. The highest BCUT2D eigenvalue weighted by Crippen LogP contribution is 2.22. The van der Waals surface area contributed by atoms with Crippen LogP contribution in [0, 0.1) is 6.92 Å². The summed E-state index contributed by atoms with van der Waals surface area (Å²) in [6.07, 6.45) is 0. The molecule has 1 aromatic heterocycles. The molecule has 2 N–H and O–H groups in total. The average molecular weight is 341 g/mol. The first-order valence-electron chi connectivity index (χ1n) is 7.42. The number of benzene rings is 2. The summed E-state index contributed by atoms with van der Waals surface area (Å²) < 4.78 is 5.23. The summed E-state index contributed by atoms with van der Waals surface area (Å²) in [5.74, 6) is 2.00. The Morgan fingerprint density at radius 2 is 1.71 bits per heavy atom. The highest BCUT2D eigenvalue weighted by molar-refractivity contribution is 6.30. The lowest BCUT2D eigenvalue weighted by molar-refractivity contribution is 0.415. The number of aromatic nitrogens is 2. The van der Waals surface area contributed by atoms with E-state index in [9.17, 15) is 0 Å². The lowest BCUT2D eigenvalue weighted by atomic mass is 10.3. The molecule has 0 amide bonds. The maximum atomic E-state index is 5.90. The zero-order valence-electron chi connectivity index (χ0n) is 13.4. The van der Waals surface area contributed by atoms with E-state index in [2.05, 4.69) is 20.6 Å². The number of methoxy groups -OCH3 is 1. The van der Waals surface area contributed by atoms with Gasteiger partial charge in [0.15, 0.2) is 0 Å². The third-order valence-corrected chi connectivity index (χ3v) is 3.55. The molecule has 0 radical (unpaired) electrons. The molecular weight excluding hydrogens is 324 g/mol. The maximum absolute atomic E-state index is 5.90. The van der Waals surface area contributed by atoms with E-state index >= 15 is 0 Å². The molecule has 6 heteroatoms. The minimum atomic E-state index is 0.516. The summed E-state index contributed by atoms with van der Waals surface area (Å²) in [5, 5.41) is 7.12. The van der Waals surface area contributed by atoms with Gasteiger partial charge >= 0.3 is 0 Å². The standard InChI is InChI=1S/C18H17ClN4O/c1-12-10-17(21-15-4-3-5-16(11-15)24-2)23-18(20-12)22-14-8-6-13(19)7-9-14/h3-11H,1-2H3,(H2,20,21,22,23). The van der Waals surface area contributed by atoms with Crippen LogP contribution >= 0.6 is 11.6 Å². The van der Waals surface area contributed by atoms with Gasteiger partial charge in [0.25, 0.3) is 0 Å². The fourth-order valence-corrected chi connectivity index (χ4v) is 2.33. The summed E-state index contributed by atoms with van der Waals surface area (Å²) >= 11 is 5.90.